The maximum Gasteiger partial charge on any atom is 0.338 e. The molecule has 0 bridgehead atoms. The van der Waals surface area contributed by atoms with E-state index in [2.05, 4.69) is 0 Å². The molecule has 0 amide bonds. The molecule has 0 aliphatic carbocycles. The van der Waals surface area contributed by atoms with Crippen molar-refractivity contribution < 1.29 is 32.2 Å². The van der Waals surface area contributed by atoms with E-state index in [-0.39, 0.29) is 17.9 Å². The average Bonchev–Trinajstić information content (AvgIpc) is 3.62. The molecule has 1 aromatic heterocycles. The third kappa shape index (κ3) is 5.89. The zero-order valence-corrected chi connectivity index (χ0v) is 25.1. The fourth-order valence-electron chi connectivity index (χ4n) is 5.35. The summed E-state index contributed by atoms with van der Waals surface area (Å²) in [6.45, 7) is 3.70. The fourth-order valence-corrected chi connectivity index (χ4v) is 6.75. The van der Waals surface area contributed by atoms with Gasteiger partial charge in [-0.3, -0.25) is 0 Å². The van der Waals surface area contributed by atoms with Crippen LogP contribution in [0.1, 0.15) is 49.9 Å². The number of fused-ring (bicyclic) bond motifs is 1. The maximum atomic E-state index is 13.7. The van der Waals surface area contributed by atoms with Crippen molar-refractivity contribution in [2.24, 2.45) is 0 Å². The number of benzene rings is 4. The molecule has 1 saturated heterocycles. The summed E-state index contributed by atoms with van der Waals surface area (Å²) >= 11 is 0. The first-order valence-electron chi connectivity index (χ1n) is 14.3. The van der Waals surface area contributed by atoms with Crippen LogP contribution in [0, 0.1) is 13.8 Å². The van der Waals surface area contributed by atoms with Gasteiger partial charge in [0, 0.05) is 23.6 Å². The molecular formula is C35H31NO7S. The Hall–Kier alpha value is -4.73. The summed E-state index contributed by atoms with van der Waals surface area (Å²) in [6.07, 6.45) is -0.365. The van der Waals surface area contributed by atoms with E-state index in [0.29, 0.717) is 27.6 Å². The molecule has 0 radical (unpaired) electrons. The average molecular weight is 610 g/mol. The Labute approximate surface area is 255 Å². The summed E-state index contributed by atoms with van der Waals surface area (Å²) in [5.74, 6) is -1.05. The Kier molecular flexibility index (Phi) is 8.07. The van der Waals surface area contributed by atoms with Crippen LogP contribution in [0.15, 0.2) is 114 Å². The molecule has 8 nitrogen and oxygen atoms in total. The van der Waals surface area contributed by atoms with E-state index in [9.17, 15) is 18.0 Å². The normalized spacial score (nSPS) is 18.3. The number of carbonyl (C=O) groups is 2. The van der Waals surface area contributed by atoms with Gasteiger partial charge < -0.3 is 14.2 Å². The van der Waals surface area contributed by atoms with Crippen molar-refractivity contribution in [1.29, 1.82) is 0 Å². The molecule has 1 aliphatic rings. The van der Waals surface area contributed by atoms with Crippen molar-refractivity contribution in [2.45, 2.75) is 43.5 Å². The Morgan fingerprint density at radius 3 is 2.05 bits per heavy atom. The van der Waals surface area contributed by atoms with Crippen LogP contribution in [0.3, 0.4) is 0 Å². The summed E-state index contributed by atoms with van der Waals surface area (Å²) < 4.78 is 46.5. The van der Waals surface area contributed by atoms with Crippen molar-refractivity contribution in [3.63, 3.8) is 0 Å². The molecule has 5 aromatic rings. The summed E-state index contributed by atoms with van der Waals surface area (Å²) in [4.78, 5) is 26.1. The zero-order valence-electron chi connectivity index (χ0n) is 24.3. The highest BCUT2D eigenvalue weighted by Gasteiger charge is 2.41. The van der Waals surface area contributed by atoms with Crippen molar-refractivity contribution in [3.8, 4) is 0 Å². The van der Waals surface area contributed by atoms with E-state index in [0.717, 1.165) is 11.1 Å². The van der Waals surface area contributed by atoms with Crippen LogP contribution in [0.2, 0.25) is 0 Å². The molecule has 2 heterocycles. The van der Waals surface area contributed by atoms with E-state index in [1.54, 1.807) is 72.9 Å². The van der Waals surface area contributed by atoms with Gasteiger partial charge >= 0.3 is 11.9 Å². The van der Waals surface area contributed by atoms with E-state index in [1.165, 1.54) is 3.97 Å². The topological polar surface area (TPSA) is 101 Å². The van der Waals surface area contributed by atoms with Gasteiger partial charge in [0.1, 0.15) is 18.8 Å². The molecule has 44 heavy (non-hydrogen) atoms. The second-order valence-electron chi connectivity index (χ2n) is 10.9. The molecule has 4 aromatic carbocycles. The number of aryl methyl sites for hydroxylation is 2. The standard InChI is InChI=1S/C35H31NO7S/c1-23-12-16-25(17-13-23)34(37)41-22-33-32(43-35(38)26-18-14-24(2)15-19-26)20-31(42-33)29-21-36(30-11-7-6-10-28(29)30)44(39,40)27-8-4-3-5-9-27/h3-19,21,31-33H,20,22H2,1-2H3/t31-,32-,33+/m0/s1. The lowest BCUT2D eigenvalue weighted by molar-refractivity contribution is -0.0425. The smallest absolute Gasteiger partial charge is 0.338 e. The zero-order chi connectivity index (χ0) is 30.8. The first-order valence-corrected chi connectivity index (χ1v) is 15.7. The third-order valence-corrected chi connectivity index (χ3v) is 9.46. The Balaban J connectivity index is 1.31. The van der Waals surface area contributed by atoms with E-state index >= 15 is 0 Å². The van der Waals surface area contributed by atoms with Gasteiger partial charge in [0.15, 0.2) is 0 Å². The summed E-state index contributed by atoms with van der Waals surface area (Å²) in [7, 11) is -3.91. The van der Waals surface area contributed by atoms with Gasteiger partial charge in [-0.25, -0.2) is 22.0 Å². The second-order valence-corrected chi connectivity index (χ2v) is 12.7. The molecule has 0 spiro atoms. The molecule has 0 unspecified atom stereocenters. The lowest BCUT2D eigenvalue weighted by atomic mass is 10.0. The second kappa shape index (κ2) is 12.1. The first kappa shape index (κ1) is 29.3. The number of carbonyl (C=O) groups excluding carboxylic acids is 2. The SMILES string of the molecule is Cc1ccc(C(=O)OC[C@H]2O[C@H](c3cn(S(=O)(=O)c4ccccc4)c4ccccc34)C[C@@H]2OC(=O)c2ccc(C)cc2)cc1. The minimum atomic E-state index is -3.91. The van der Waals surface area contributed by atoms with Gasteiger partial charge in [0.2, 0.25) is 0 Å². The van der Waals surface area contributed by atoms with Crippen LogP contribution in [0.25, 0.3) is 10.9 Å². The maximum absolute atomic E-state index is 13.7. The molecule has 6 rings (SSSR count). The number of ether oxygens (including phenoxy) is 3. The number of para-hydroxylation sites is 1. The third-order valence-electron chi connectivity index (χ3n) is 7.77. The van der Waals surface area contributed by atoms with Crippen molar-refractivity contribution in [1.82, 2.24) is 3.97 Å². The predicted octanol–water partition coefficient (Wildman–Crippen LogP) is 6.41. The highest BCUT2D eigenvalue weighted by molar-refractivity contribution is 7.90. The molecular weight excluding hydrogens is 578 g/mol. The van der Waals surface area contributed by atoms with Gasteiger partial charge in [-0.05, 0) is 56.3 Å². The summed E-state index contributed by atoms with van der Waals surface area (Å²) in [5.41, 5.74) is 3.93. The van der Waals surface area contributed by atoms with Gasteiger partial charge in [-0.1, -0.05) is 71.8 Å². The summed E-state index contributed by atoms with van der Waals surface area (Å²) in [5, 5.41) is 0.693. The Bertz CT molecular complexity index is 1910. The predicted molar refractivity (Wildman–Crippen MR) is 165 cm³/mol. The van der Waals surface area contributed by atoms with Crippen LogP contribution < -0.4 is 0 Å². The highest BCUT2D eigenvalue weighted by Crippen LogP contribution is 2.40. The number of hydrogen-bond acceptors (Lipinski definition) is 7. The molecule has 9 heteroatoms. The molecule has 0 N–H and O–H groups in total. The number of aromatic nitrogens is 1. The monoisotopic (exact) mass is 609 g/mol. The minimum Gasteiger partial charge on any atom is -0.459 e. The molecule has 0 saturated carbocycles. The molecule has 1 fully saturated rings. The van der Waals surface area contributed by atoms with Crippen LogP contribution >= 0.6 is 0 Å². The van der Waals surface area contributed by atoms with Crippen LogP contribution in [-0.2, 0) is 24.2 Å². The van der Waals surface area contributed by atoms with Crippen LogP contribution in [0.4, 0.5) is 0 Å². The number of esters is 2. The quantitative estimate of drug-likeness (QED) is 0.188. The summed E-state index contributed by atoms with van der Waals surface area (Å²) in [6, 6.07) is 29.5. The van der Waals surface area contributed by atoms with Gasteiger partial charge in [0.25, 0.3) is 10.0 Å². The van der Waals surface area contributed by atoms with Gasteiger partial charge in [0.05, 0.1) is 27.6 Å². The minimum absolute atomic E-state index is 0.157. The van der Waals surface area contributed by atoms with Crippen LogP contribution in [0.5, 0.6) is 0 Å². The largest absolute Gasteiger partial charge is 0.459 e. The Morgan fingerprint density at radius 2 is 1.39 bits per heavy atom. The van der Waals surface area contributed by atoms with E-state index in [4.69, 9.17) is 14.2 Å². The number of hydrogen-bond donors (Lipinski definition) is 0. The van der Waals surface area contributed by atoms with Gasteiger partial charge in [-0.15, -0.1) is 0 Å². The van der Waals surface area contributed by atoms with E-state index in [1.807, 2.05) is 50.2 Å². The van der Waals surface area contributed by atoms with Crippen molar-refractivity contribution in [3.05, 3.63) is 137 Å². The number of nitrogens with zero attached hydrogens (tertiary/aromatic N) is 1. The number of rotatable bonds is 8. The van der Waals surface area contributed by atoms with Crippen molar-refractivity contribution >= 4 is 32.9 Å². The Morgan fingerprint density at radius 1 is 0.795 bits per heavy atom. The van der Waals surface area contributed by atoms with Crippen LogP contribution in [-0.4, -0.2) is 43.1 Å². The lowest BCUT2D eigenvalue weighted by Crippen LogP contribution is -2.32. The fraction of sp³-hybridized carbons (Fsp3) is 0.200. The molecule has 1 aliphatic heterocycles. The highest BCUT2D eigenvalue weighted by atomic mass is 32.2. The van der Waals surface area contributed by atoms with E-state index < -0.39 is 40.3 Å². The molecule has 3 atom stereocenters. The van der Waals surface area contributed by atoms with Crippen molar-refractivity contribution in [2.75, 3.05) is 6.61 Å². The van der Waals surface area contributed by atoms with Gasteiger partial charge in [-0.2, -0.15) is 0 Å². The first-order chi connectivity index (χ1) is 21.2. The lowest BCUT2D eigenvalue weighted by Gasteiger charge is -2.19. The molecule has 224 valence electrons.